The molecule has 0 radical (unpaired) electrons. The lowest BCUT2D eigenvalue weighted by molar-refractivity contribution is 0.0526. The molecule has 1 aromatic carbocycles. The van der Waals surface area contributed by atoms with Gasteiger partial charge in [0.05, 0.1) is 12.2 Å². The Labute approximate surface area is 128 Å². The minimum absolute atomic E-state index is 0.299. The van der Waals surface area contributed by atoms with E-state index in [0.29, 0.717) is 17.9 Å². The van der Waals surface area contributed by atoms with Gasteiger partial charge in [-0.25, -0.2) is 4.79 Å². The molecule has 0 unspecified atom stereocenters. The fraction of sp³-hybridized carbons (Fsp3) is 0.611. The molecule has 118 valence electrons. The molecule has 0 aliphatic rings. The summed E-state index contributed by atoms with van der Waals surface area (Å²) >= 11 is 0. The average Bonchev–Trinajstić information content (AvgIpc) is 2.48. The van der Waals surface area contributed by atoms with E-state index in [-0.39, 0.29) is 5.97 Å². The predicted molar refractivity (Wildman–Crippen MR) is 88.5 cm³/mol. The van der Waals surface area contributed by atoms with Crippen molar-refractivity contribution < 1.29 is 9.53 Å². The van der Waals surface area contributed by atoms with Crippen molar-refractivity contribution >= 4 is 11.7 Å². The maximum absolute atomic E-state index is 11.6. The summed E-state index contributed by atoms with van der Waals surface area (Å²) in [6.07, 6.45) is 10.0. The van der Waals surface area contributed by atoms with Crippen LogP contribution in [0.4, 0.5) is 5.69 Å². The van der Waals surface area contributed by atoms with Gasteiger partial charge in [0.25, 0.3) is 0 Å². The van der Waals surface area contributed by atoms with Crippen molar-refractivity contribution in [1.82, 2.24) is 0 Å². The Bertz CT molecular complexity index is 429. The van der Waals surface area contributed by atoms with Crippen LogP contribution in [0.1, 0.15) is 74.7 Å². The normalized spacial score (nSPS) is 10.6. The van der Waals surface area contributed by atoms with E-state index < -0.39 is 0 Å². The van der Waals surface area contributed by atoms with Crippen molar-refractivity contribution in [3.8, 4) is 0 Å². The smallest absolute Gasteiger partial charge is 0.338 e. The largest absolute Gasteiger partial charge is 0.462 e. The van der Waals surface area contributed by atoms with E-state index in [9.17, 15) is 4.79 Å². The van der Waals surface area contributed by atoms with Crippen LogP contribution in [0.2, 0.25) is 0 Å². The van der Waals surface area contributed by atoms with Gasteiger partial charge in [0, 0.05) is 5.69 Å². The van der Waals surface area contributed by atoms with Crippen molar-refractivity contribution in [2.24, 2.45) is 0 Å². The number of carbonyl (C=O) groups is 1. The molecule has 3 heteroatoms. The third-order valence-electron chi connectivity index (χ3n) is 3.71. The van der Waals surface area contributed by atoms with Crippen LogP contribution in [-0.4, -0.2) is 12.6 Å². The first-order chi connectivity index (χ1) is 10.2. The van der Waals surface area contributed by atoms with Gasteiger partial charge < -0.3 is 10.5 Å². The molecule has 0 bridgehead atoms. The molecule has 0 heterocycles. The van der Waals surface area contributed by atoms with Gasteiger partial charge in [0.15, 0.2) is 0 Å². The second-order valence-electron chi connectivity index (χ2n) is 5.51. The summed E-state index contributed by atoms with van der Waals surface area (Å²) < 4.78 is 4.97. The minimum atomic E-state index is -0.299. The Morgan fingerprint density at radius 2 is 1.71 bits per heavy atom. The molecule has 0 aliphatic carbocycles. The van der Waals surface area contributed by atoms with Gasteiger partial charge in [-0.05, 0) is 37.5 Å². The summed E-state index contributed by atoms with van der Waals surface area (Å²) in [4.78, 5) is 11.6. The first kappa shape index (κ1) is 17.5. The average molecular weight is 291 g/mol. The van der Waals surface area contributed by atoms with Crippen molar-refractivity contribution in [2.75, 3.05) is 12.3 Å². The number of ether oxygens (including phenoxy) is 1. The summed E-state index contributed by atoms with van der Waals surface area (Å²) in [5.41, 5.74) is 8.40. The van der Waals surface area contributed by atoms with Gasteiger partial charge in [0.2, 0.25) is 0 Å². The van der Waals surface area contributed by atoms with Gasteiger partial charge >= 0.3 is 5.97 Å². The molecular formula is C18H29NO2. The molecule has 0 aliphatic heterocycles. The first-order valence-electron chi connectivity index (χ1n) is 8.24. The molecule has 0 spiro atoms. The van der Waals surface area contributed by atoms with Gasteiger partial charge in [0.1, 0.15) is 0 Å². The lowest BCUT2D eigenvalue weighted by Gasteiger charge is -2.08. The van der Waals surface area contributed by atoms with Crippen molar-refractivity contribution in [2.45, 2.75) is 65.2 Å². The molecule has 3 nitrogen and oxygen atoms in total. The van der Waals surface area contributed by atoms with E-state index in [2.05, 4.69) is 6.92 Å². The van der Waals surface area contributed by atoms with Gasteiger partial charge in [-0.15, -0.1) is 0 Å². The Hall–Kier alpha value is -1.51. The molecule has 0 amide bonds. The molecule has 1 rings (SSSR count). The number of esters is 1. The molecule has 0 saturated carbocycles. The van der Waals surface area contributed by atoms with Gasteiger partial charge in [-0.1, -0.05) is 51.5 Å². The number of hydrogen-bond acceptors (Lipinski definition) is 3. The Kier molecular flexibility index (Phi) is 8.56. The third kappa shape index (κ3) is 6.65. The van der Waals surface area contributed by atoms with E-state index in [1.54, 1.807) is 13.0 Å². The SMILES string of the molecule is CCCCCCCCCc1ccc(C(=O)OCC)cc1N. The molecule has 0 saturated heterocycles. The summed E-state index contributed by atoms with van der Waals surface area (Å²) in [5.74, 6) is -0.299. The summed E-state index contributed by atoms with van der Waals surface area (Å²) in [7, 11) is 0. The van der Waals surface area contributed by atoms with Crippen LogP contribution >= 0.6 is 0 Å². The molecule has 2 N–H and O–H groups in total. The lowest BCUT2D eigenvalue weighted by Crippen LogP contribution is -2.06. The van der Waals surface area contributed by atoms with Crippen LogP contribution in [0.5, 0.6) is 0 Å². The predicted octanol–water partition coefficient (Wildman–Crippen LogP) is 4.74. The van der Waals surface area contributed by atoms with Crippen molar-refractivity contribution in [3.63, 3.8) is 0 Å². The van der Waals surface area contributed by atoms with E-state index in [1.807, 2.05) is 12.1 Å². The van der Waals surface area contributed by atoms with Gasteiger partial charge in [-0.3, -0.25) is 0 Å². The highest BCUT2D eigenvalue weighted by Gasteiger charge is 2.08. The molecule has 1 aromatic rings. The highest BCUT2D eigenvalue weighted by molar-refractivity contribution is 5.90. The fourth-order valence-electron chi connectivity index (χ4n) is 2.44. The minimum Gasteiger partial charge on any atom is -0.462 e. The number of hydrogen-bond donors (Lipinski definition) is 1. The van der Waals surface area contributed by atoms with Crippen LogP contribution in [0.25, 0.3) is 0 Å². The highest BCUT2D eigenvalue weighted by Crippen LogP contribution is 2.18. The number of nitrogens with two attached hydrogens (primary N) is 1. The van der Waals surface area contributed by atoms with Crippen LogP contribution in [-0.2, 0) is 11.2 Å². The Balaban J connectivity index is 2.34. The highest BCUT2D eigenvalue weighted by atomic mass is 16.5. The fourth-order valence-corrected chi connectivity index (χ4v) is 2.44. The number of nitrogen functional groups attached to an aromatic ring is 1. The molecular weight excluding hydrogens is 262 g/mol. The Morgan fingerprint density at radius 1 is 1.05 bits per heavy atom. The lowest BCUT2D eigenvalue weighted by atomic mass is 10.0. The second-order valence-corrected chi connectivity index (χ2v) is 5.51. The quantitative estimate of drug-likeness (QED) is 0.385. The maximum Gasteiger partial charge on any atom is 0.338 e. The molecule has 0 fully saturated rings. The number of unbranched alkanes of at least 4 members (excludes halogenated alkanes) is 6. The summed E-state index contributed by atoms with van der Waals surface area (Å²) in [5, 5.41) is 0. The van der Waals surface area contributed by atoms with Crippen LogP contribution in [0.3, 0.4) is 0 Å². The maximum atomic E-state index is 11.6. The molecule has 0 aromatic heterocycles. The zero-order chi connectivity index (χ0) is 15.5. The number of benzene rings is 1. The van der Waals surface area contributed by atoms with Crippen LogP contribution < -0.4 is 5.73 Å². The second kappa shape index (κ2) is 10.3. The zero-order valence-corrected chi connectivity index (χ0v) is 13.5. The number of anilines is 1. The third-order valence-corrected chi connectivity index (χ3v) is 3.71. The number of rotatable bonds is 10. The van der Waals surface area contributed by atoms with Crippen LogP contribution in [0, 0.1) is 0 Å². The summed E-state index contributed by atoms with van der Waals surface area (Å²) in [6.45, 7) is 4.43. The van der Waals surface area contributed by atoms with E-state index in [0.717, 1.165) is 18.4 Å². The first-order valence-corrected chi connectivity index (χ1v) is 8.24. The number of aryl methyl sites for hydroxylation is 1. The van der Waals surface area contributed by atoms with E-state index >= 15 is 0 Å². The topological polar surface area (TPSA) is 52.3 Å². The Morgan fingerprint density at radius 3 is 2.33 bits per heavy atom. The molecule has 0 atom stereocenters. The van der Waals surface area contributed by atoms with Crippen molar-refractivity contribution in [3.05, 3.63) is 29.3 Å². The van der Waals surface area contributed by atoms with E-state index in [1.165, 1.54) is 38.5 Å². The standard InChI is InChI=1S/C18H29NO2/c1-3-5-6-7-8-9-10-11-15-12-13-16(14-17(15)19)18(20)21-4-2/h12-14H,3-11,19H2,1-2H3. The number of carbonyl (C=O) groups excluding carboxylic acids is 1. The molecule has 21 heavy (non-hydrogen) atoms. The zero-order valence-electron chi connectivity index (χ0n) is 13.5. The van der Waals surface area contributed by atoms with Gasteiger partial charge in [-0.2, -0.15) is 0 Å². The summed E-state index contributed by atoms with van der Waals surface area (Å²) in [6, 6.07) is 5.50. The van der Waals surface area contributed by atoms with Crippen LogP contribution in [0.15, 0.2) is 18.2 Å². The van der Waals surface area contributed by atoms with E-state index in [4.69, 9.17) is 10.5 Å². The monoisotopic (exact) mass is 291 g/mol. The van der Waals surface area contributed by atoms with Crippen molar-refractivity contribution in [1.29, 1.82) is 0 Å².